The number of ketones is 1. The van der Waals surface area contributed by atoms with Gasteiger partial charge in [0, 0.05) is 17.7 Å². The Bertz CT molecular complexity index is 1050. The van der Waals surface area contributed by atoms with Crippen molar-refractivity contribution in [3.63, 3.8) is 0 Å². The molecule has 2 heterocycles. The van der Waals surface area contributed by atoms with E-state index in [4.69, 9.17) is 0 Å². The summed E-state index contributed by atoms with van der Waals surface area (Å²) in [6.07, 6.45) is 2.87. The summed E-state index contributed by atoms with van der Waals surface area (Å²) in [5.41, 5.74) is 5.25. The van der Waals surface area contributed by atoms with E-state index in [-0.39, 0.29) is 17.7 Å². The molecule has 0 fully saturated rings. The molecule has 5 nitrogen and oxygen atoms in total. The third-order valence-corrected chi connectivity index (χ3v) is 5.49. The van der Waals surface area contributed by atoms with Gasteiger partial charge in [0.1, 0.15) is 12.4 Å². The summed E-state index contributed by atoms with van der Waals surface area (Å²) in [5.74, 6) is 1.07. The first-order valence-corrected chi connectivity index (χ1v) is 9.25. The zero-order valence-electron chi connectivity index (χ0n) is 15.1. The molecule has 2 unspecified atom stereocenters. The van der Waals surface area contributed by atoms with Crippen molar-refractivity contribution in [3.8, 4) is 0 Å². The summed E-state index contributed by atoms with van der Waals surface area (Å²) in [6.45, 7) is 2.07. The molecular formula is C22H20N4O. The van der Waals surface area contributed by atoms with Crippen LogP contribution in [0.1, 0.15) is 41.5 Å². The largest absolute Gasteiger partial charge is 0.328 e. The predicted octanol–water partition coefficient (Wildman–Crippen LogP) is 4.00. The van der Waals surface area contributed by atoms with Gasteiger partial charge in [0.2, 0.25) is 5.95 Å². The lowest BCUT2D eigenvalue weighted by molar-refractivity contribution is -0.116. The Morgan fingerprint density at radius 1 is 1.04 bits per heavy atom. The van der Waals surface area contributed by atoms with Crippen molar-refractivity contribution >= 4 is 11.7 Å². The van der Waals surface area contributed by atoms with Crippen LogP contribution in [0, 0.1) is 6.92 Å². The molecule has 5 rings (SSSR count). The molecule has 0 bridgehead atoms. The molecule has 3 aromatic rings. The van der Waals surface area contributed by atoms with Crippen LogP contribution >= 0.6 is 0 Å². The Morgan fingerprint density at radius 3 is 2.67 bits per heavy atom. The number of aromatic nitrogens is 3. The van der Waals surface area contributed by atoms with Crippen LogP contribution in [0.2, 0.25) is 0 Å². The van der Waals surface area contributed by atoms with Crippen molar-refractivity contribution in [2.75, 3.05) is 5.32 Å². The smallest absolute Gasteiger partial charge is 0.226 e. The lowest BCUT2D eigenvalue weighted by Gasteiger charge is -2.35. The van der Waals surface area contributed by atoms with E-state index in [0.29, 0.717) is 12.4 Å². The van der Waals surface area contributed by atoms with Gasteiger partial charge in [0.25, 0.3) is 0 Å². The number of benzene rings is 2. The van der Waals surface area contributed by atoms with Gasteiger partial charge in [-0.3, -0.25) is 4.79 Å². The number of nitrogens with zero attached hydrogens (tertiary/aromatic N) is 3. The Kier molecular flexibility index (Phi) is 3.67. The van der Waals surface area contributed by atoms with Crippen molar-refractivity contribution < 1.29 is 4.79 Å². The molecule has 2 aromatic carbocycles. The van der Waals surface area contributed by atoms with E-state index in [1.165, 1.54) is 11.1 Å². The maximum absolute atomic E-state index is 13.3. The topological polar surface area (TPSA) is 59.8 Å². The quantitative estimate of drug-likeness (QED) is 0.754. The van der Waals surface area contributed by atoms with Gasteiger partial charge < -0.3 is 5.32 Å². The highest BCUT2D eigenvalue weighted by atomic mass is 16.1. The zero-order valence-corrected chi connectivity index (χ0v) is 15.1. The fraction of sp³-hybridized carbons (Fsp3) is 0.227. The SMILES string of the molecule is Cc1cccc(C2C3=C(CC(c4ccccc4)CC3=O)Nc3ncnn32)c1. The third-order valence-electron chi connectivity index (χ3n) is 5.49. The summed E-state index contributed by atoms with van der Waals surface area (Å²) in [7, 11) is 0. The molecule has 2 aliphatic rings. The van der Waals surface area contributed by atoms with Crippen molar-refractivity contribution in [1.29, 1.82) is 0 Å². The van der Waals surface area contributed by atoms with Crippen molar-refractivity contribution in [2.45, 2.75) is 31.7 Å². The van der Waals surface area contributed by atoms with Crippen LogP contribution in [0.25, 0.3) is 0 Å². The van der Waals surface area contributed by atoms with E-state index in [0.717, 1.165) is 23.3 Å². The maximum atomic E-state index is 13.3. The van der Waals surface area contributed by atoms with Crippen molar-refractivity contribution in [1.82, 2.24) is 14.8 Å². The maximum Gasteiger partial charge on any atom is 0.226 e. The number of rotatable bonds is 2. The average Bonchev–Trinajstić information content (AvgIpc) is 3.15. The number of nitrogens with one attached hydrogen (secondary N) is 1. The average molecular weight is 356 g/mol. The fourth-order valence-corrected chi connectivity index (χ4v) is 4.26. The molecule has 0 radical (unpaired) electrons. The molecule has 1 aromatic heterocycles. The molecule has 0 amide bonds. The van der Waals surface area contributed by atoms with Gasteiger partial charge in [0.05, 0.1) is 0 Å². The van der Waals surface area contributed by atoms with Crippen LogP contribution in [-0.2, 0) is 4.79 Å². The molecular weight excluding hydrogens is 336 g/mol. The first-order chi connectivity index (χ1) is 13.2. The van der Waals surface area contributed by atoms with E-state index >= 15 is 0 Å². The first kappa shape index (κ1) is 16.0. The van der Waals surface area contributed by atoms with Gasteiger partial charge >= 0.3 is 0 Å². The standard InChI is InChI=1S/C22H20N4O/c1-14-6-5-9-16(10-14)21-20-18(25-22-23-13-24-26(21)22)11-17(12-19(20)27)15-7-3-2-4-8-15/h2-10,13,17,21H,11-12H2,1H3,(H,23,24,25). The van der Waals surface area contributed by atoms with E-state index in [1.807, 2.05) is 28.9 Å². The Morgan fingerprint density at radius 2 is 1.85 bits per heavy atom. The van der Waals surface area contributed by atoms with Crippen molar-refractivity contribution in [2.24, 2.45) is 0 Å². The van der Waals surface area contributed by atoms with Gasteiger partial charge in [-0.25, -0.2) is 4.68 Å². The van der Waals surface area contributed by atoms with Gasteiger partial charge in [-0.2, -0.15) is 10.1 Å². The minimum Gasteiger partial charge on any atom is -0.328 e. The zero-order chi connectivity index (χ0) is 18.4. The number of carbonyl (C=O) groups is 1. The van der Waals surface area contributed by atoms with E-state index < -0.39 is 0 Å². The van der Waals surface area contributed by atoms with Crippen molar-refractivity contribution in [3.05, 3.63) is 88.9 Å². The molecule has 1 N–H and O–H groups in total. The van der Waals surface area contributed by atoms with Gasteiger partial charge in [-0.05, 0) is 30.4 Å². The van der Waals surface area contributed by atoms with Crippen LogP contribution in [0.4, 0.5) is 5.95 Å². The summed E-state index contributed by atoms with van der Waals surface area (Å²) < 4.78 is 1.83. The highest BCUT2D eigenvalue weighted by molar-refractivity contribution is 6.00. The monoisotopic (exact) mass is 356 g/mol. The van der Waals surface area contributed by atoms with E-state index in [9.17, 15) is 4.79 Å². The summed E-state index contributed by atoms with van der Waals surface area (Å²) >= 11 is 0. The van der Waals surface area contributed by atoms with Crippen LogP contribution in [0.3, 0.4) is 0 Å². The number of Topliss-reactive ketones (excluding diaryl/α,β-unsaturated/α-hetero) is 1. The molecule has 1 aliphatic heterocycles. The second-order valence-electron chi connectivity index (χ2n) is 7.30. The second kappa shape index (κ2) is 6.20. The lowest BCUT2D eigenvalue weighted by atomic mass is 9.78. The first-order valence-electron chi connectivity index (χ1n) is 9.25. The Hall–Kier alpha value is -3.21. The second-order valence-corrected chi connectivity index (χ2v) is 7.30. The number of hydrogen-bond acceptors (Lipinski definition) is 4. The molecule has 27 heavy (non-hydrogen) atoms. The van der Waals surface area contributed by atoms with Gasteiger partial charge in [-0.15, -0.1) is 0 Å². The summed E-state index contributed by atoms with van der Waals surface area (Å²) in [6, 6.07) is 18.4. The molecule has 1 aliphatic carbocycles. The number of carbonyl (C=O) groups excluding carboxylic acids is 1. The number of anilines is 1. The van der Waals surface area contributed by atoms with Crippen LogP contribution in [-0.4, -0.2) is 20.5 Å². The van der Waals surface area contributed by atoms with Crippen LogP contribution < -0.4 is 5.32 Å². The highest BCUT2D eigenvalue weighted by Crippen LogP contribution is 2.43. The molecule has 0 saturated carbocycles. The normalized spacial score (nSPS) is 21.4. The minimum absolute atomic E-state index is 0.185. The molecule has 134 valence electrons. The van der Waals surface area contributed by atoms with Gasteiger partial charge in [-0.1, -0.05) is 60.2 Å². The Labute approximate surface area is 157 Å². The number of allylic oxidation sites excluding steroid dienone is 2. The Balaban J connectivity index is 1.62. The van der Waals surface area contributed by atoms with E-state index in [1.54, 1.807) is 6.33 Å². The summed E-state index contributed by atoms with van der Waals surface area (Å²) in [5, 5.41) is 7.78. The number of aryl methyl sites for hydroxylation is 1. The molecule has 2 atom stereocenters. The lowest BCUT2D eigenvalue weighted by Crippen LogP contribution is -2.33. The number of hydrogen-bond donors (Lipinski definition) is 1. The van der Waals surface area contributed by atoms with Crippen LogP contribution in [0.15, 0.2) is 72.2 Å². The fourth-order valence-electron chi connectivity index (χ4n) is 4.26. The molecule has 0 spiro atoms. The highest BCUT2D eigenvalue weighted by Gasteiger charge is 2.39. The van der Waals surface area contributed by atoms with Crippen LogP contribution in [0.5, 0.6) is 0 Å². The van der Waals surface area contributed by atoms with E-state index in [2.05, 4.69) is 52.7 Å². The third kappa shape index (κ3) is 2.67. The summed E-state index contributed by atoms with van der Waals surface area (Å²) in [4.78, 5) is 17.6. The molecule has 0 saturated heterocycles. The molecule has 5 heteroatoms. The minimum atomic E-state index is -0.220. The van der Waals surface area contributed by atoms with Gasteiger partial charge in [0.15, 0.2) is 5.78 Å². The number of fused-ring (bicyclic) bond motifs is 1. The predicted molar refractivity (Wildman–Crippen MR) is 103 cm³/mol.